The van der Waals surface area contributed by atoms with Gasteiger partial charge in [-0.2, -0.15) is 0 Å². The summed E-state index contributed by atoms with van der Waals surface area (Å²) in [5.41, 5.74) is 0.377. The fraction of sp³-hybridized carbons (Fsp3) is 0.565. The molecule has 1 aromatic carbocycles. The summed E-state index contributed by atoms with van der Waals surface area (Å²) in [6.07, 6.45) is 0. The van der Waals surface area contributed by atoms with Gasteiger partial charge in [-0.1, -0.05) is 12.1 Å². The van der Waals surface area contributed by atoms with Crippen LogP contribution in [-0.2, 0) is 28.7 Å². The molecule has 1 aliphatic carbocycles. The maximum absolute atomic E-state index is 13.6. The first-order valence-corrected chi connectivity index (χ1v) is 11.9. The van der Waals surface area contributed by atoms with E-state index in [0.29, 0.717) is 18.7 Å². The second-order valence-electron chi connectivity index (χ2n) is 7.61. The number of esters is 2. The zero-order valence-corrected chi connectivity index (χ0v) is 20.2. The van der Waals surface area contributed by atoms with Gasteiger partial charge in [0.25, 0.3) is 0 Å². The predicted octanol–water partition coefficient (Wildman–Crippen LogP) is 2.38. The normalized spacial score (nSPS) is 22.9. The molecule has 0 aliphatic heterocycles. The molecule has 0 heterocycles. The topological polar surface area (TPSA) is 110 Å². The molecule has 2 rings (SSSR count). The van der Waals surface area contributed by atoms with Gasteiger partial charge in [0, 0.05) is 37.3 Å². The third-order valence-corrected chi connectivity index (χ3v) is 5.96. The van der Waals surface area contributed by atoms with E-state index in [9.17, 15) is 24.3 Å². The highest BCUT2D eigenvalue weighted by molar-refractivity contribution is 6.19. The lowest BCUT2D eigenvalue weighted by Gasteiger charge is -2.39. The van der Waals surface area contributed by atoms with Crippen molar-refractivity contribution in [3.05, 3.63) is 29.8 Å². The molecule has 1 saturated carbocycles. The second-order valence-corrected chi connectivity index (χ2v) is 8.37. The number of Topliss-reactive ketones (excluding diaryl/α,β-unsaturated/α-hetero) is 2. The molecule has 8 nitrogen and oxygen atoms in total. The van der Waals surface area contributed by atoms with Crippen LogP contribution in [0.3, 0.4) is 0 Å². The molecule has 0 amide bonds. The van der Waals surface area contributed by atoms with E-state index < -0.39 is 47.2 Å². The number of benzene rings is 1. The van der Waals surface area contributed by atoms with E-state index in [1.165, 1.54) is 24.3 Å². The number of rotatable bonds is 11. The van der Waals surface area contributed by atoms with Crippen LogP contribution in [0.1, 0.15) is 25.3 Å². The van der Waals surface area contributed by atoms with Crippen LogP contribution in [-0.4, -0.2) is 78.1 Å². The quantitative estimate of drug-likeness (QED) is 0.279. The largest absolute Gasteiger partial charge is 0.508 e. The Balaban J connectivity index is 2.59. The van der Waals surface area contributed by atoms with Gasteiger partial charge in [0.2, 0.25) is 0 Å². The average Bonchev–Trinajstić information content (AvgIpc) is 2.77. The molecular formula is C23H29Cl2NO7. The van der Waals surface area contributed by atoms with E-state index in [1.807, 2.05) is 0 Å². The van der Waals surface area contributed by atoms with E-state index in [-0.39, 0.29) is 37.3 Å². The van der Waals surface area contributed by atoms with E-state index in [1.54, 1.807) is 18.7 Å². The molecule has 0 spiro atoms. The Morgan fingerprint density at radius 2 is 1.36 bits per heavy atom. The second kappa shape index (κ2) is 12.9. The number of alkyl halides is 2. The number of phenols is 1. The zero-order valence-electron chi connectivity index (χ0n) is 18.7. The van der Waals surface area contributed by atoms with Crippen molar-refractivity contribution in [3.8, 4) is 5.75 Å². The minimum Gasteiger partial charge on any atom is -0.508 e. The highest BCUT2D eigenvalue weighted by atomic mass is 35.5. The first kappa shape index (κ1) is 27.1. The lowest BCUT2D eigenvalue weighted by atomic mass is 9.63. The van der Waals surface area contributed by atoms with Crippen molar-refractivity contribution in [1.82, 2.24) is 4.90 Å². The summed E-state index contributed by atoms with van der Waals surface area (Å²) in [5.74, 6) is -7.53. The number of aromatic hydroxyl groups is 1. The first-order chi connectivity index (χ1) is 15.8. The standard InChI is InChI=1S/C23H29Cl2NO7/c1-3-32-22(30)18-17(14-5-7-15(27)8-6-14)19(23(31)33-4-2)21(29)16(20(18)28)13-26(11-9-24)12-10-25/h5-8,16-19,27H,3-4,9-13H2,1-2H3/t16?,17?,18-,19-/m1/s1. The number of carbonyl (C=O) groups is 4. The summed E-state index contributed by atoms with van der Waals surface area (Å²) in [4.78, 5) is 54.8. The van der Waals surface area contributed by atoms with Gasteiger partial charge in [-0.3, -0.25) is 24.1 Å². The third kappa shape index (κ3) is 6.46. The Kier molecular flexibility index (Phi) is 10.6. The van der Waals surface area contributed by atoms with Crippen molar-refractivity contribution >= 4 is 46.7 Å². The van der Waals surface area contributed by atoms with Crippen molar-refractivity contribution in [2.24, 2.45) is 17.8 Å². The molecule has 0 unspecified atom stereocenters. The number of nitrogens with zero attached hydrogens (tertiary/aromatic N) is 1. The van der Waals surface area contributed by atoms with Gasteiger partial charge in [0.15, 0.2) is 11.6 Å². The molecule has 10 heteroatoms. The molecule has 0 bridgehead atoms. The average molecular weight is 502 g/mol. The summed E-state index contributed by atoms with van der Waals surface area (Å²) in [6, 6.07) is 5.69. The smallest absolute Gasteiger partial charge is 0.317 e. The number of halogens is 2. The van der Waals surface area contributed by atoms with Gasteiger partial charge >= 0.3 is 11.9 Å². The molecule has 1 fully saturated rings. The molecule has 0 saturated heterocycles. The van der Waals surface area contributed by atoms with Crippen LogP contribution in [0.25, 0.3) is 0 Å². The minimum absolute atomic E-state index is 0.0226. The highest BCUT2D eigenvalue weighted by Crippen LogP contribution is 2.43. The summed E-state index contributed by atoms with van der Waals surface area (Å²) in [7, 11) is 0. The molecule has 2 atom stereocenters. The molecule has 182 valence electrons. The third-order valence-electron chi connectivity index (χ3n) is 5.62. The van der Waals surface area contributed by atoms with Crippen molar-refractivity contribution in [3.63, 3.8) is 0 Å². The van der Waals surface area contributed by atoms with Gasteiger partial charge in [0.1, 0.15) is 17.6 Å². The fourth-order valence-electron chi connectivity index (χ4n) is 4.16. The number of carbonyl (C=O) groups excluding carboxylic acids is 4. The maximum atomic E-state index is 13.6. The van der Waals surface area contributed by atoms with Gasteiger partial charge in [-0.25, -0.2) is 0 Å². The van der Waals surface area contributed by atoms with Gasteiger partial charge in [-0.05, 0) is 31.5 Å². The first-order valence-electron chi connectivity index (χ1n) is 10.8. The Morgan fingerprint density at radius 1 is 0.909 bits per heavy atom. The number of hydrogen-bond donors (Lipinski definition) is 1. The van der Waals surface area contributed by atoms with Crippen LogP contribution in [0.2, 0.25) is 0 Å². The van der Waals surface area contributed by atoms with Crippen LogP contribution in [0, 0.1) is 17.8 Å². The van der Waals surface area contributed by atoms with Gasteiger partial charge in [0.05, 0.1) is 19.1 Å². The zero-order chi connectivity index (χ0) is 24.5. The predicted molar refractivity (Wildman–Crippen MR) is 122 cm³/mol. The molecule has 0 aromatic heterocycles. The van der Waals surface area contributed by atoms with Crippen LogP contribution in [0.4, 0.5) is 0 Å². The highest BCUT2D eigenvalue weighted by Gasteiger charge is 2.56. The van der Waals surface area contributed by atoms with Crippen molar-refractivity contribution in [1.29, 1.82) is 0 Å². The molecule has 1 aliphatic rings. The van der Waals surface area contributed by atoms with E-state index in [0.717, 1.165) is 0 Å². The Hall–Kier alpha value is -2.16. The monoisotopic (exact) mass is 501 g/mol. The Labute approximate surface area is 203 Å². The number of hydrogen-bond acceptors (Lipinski definition) is 8. The van der Waals surface area contributed by atoms with Crippen molar-refractivity contribution in [2.45, 2.75) is 19.8 Å². The number of ether oxygens (including phenoxy) is 2. The van der Waals surface area contributed by atoms with Crippen LogP contribution in [0.5, 0.6) is 5.75 Å². The van der Waals surface area contributed by atoms with Crippen LogP contribution >= 0.6 is 23.2 Å². The minimum atomic E-state index is -1.39. The maximum Gasteiger partial charge on any atom is 0.317 e. The summed E-state index contributed by atoms with van der Waals surface area (Å²) in [6.45, 7) is 3.99. The SMILES string of the molecule is CCOC(=O)[C@H]1C(=O)C(CN(CCCl)CCCl)C(=O)[C@H](C(=O)OCC)C1c1ccc(O)cc1. The van der Waals surface area contributed by atoms with Crippen molar-refractivity contribution in [2.75, 3.05) is 44.6 Å². The van der Waals surface area contributed by atoms with Crippen LogP contribution in [0.15, 0.2) is 24.3 Å². The number of phenolic OH excluding ortho intramolecular Hbond substituents is 1. The Morgan fingerprint density at radius 3 is 1.76 bits per heavy atom. The summed E-state index contributed by atoms with van der Waals surface area (Å²) < 4.78 is 10.3. The van der Waals surface area contributed by atoms with E-state index >= 15 is 0 Å². The summed E-state index contributed by atoms with van der Waals surface area (Å²) in [5, 5.41) is 9.68. The Bertz CT molecular complexity index is 802. The molecule has 1 N–H and O–H groups in total. The fourth-order valence-corrected chi connectivity index (χ4v) is 4.64. The van der Waals surface area contributed by atoms with E-state index in [2.05, 4.69) is 0 Å². The van der Waals surface area contributed by atoms with Crippen LogP contribution < -0.4 is 0 Å². The molecule has 0 radical (unpaired) electrons. The lowest BCUT2D eigenvalue weighted by molar-refractivity contribution is -0.164. The summed E-state index contributed by atoms with van der Waals surface area (Å²) >= 11 is 11.7. The lowest BCUT2D eigenvalue weighted by Crippen LogP contribution is -2.55. The van der Waals surface area contributed by atoms with Gasteiger partial charge in [-0.15, -0.1) is 23.2 Å². The molecule has 33 heavy (non-hydrogen) atoms. The molecule has 1 aromatic rings. The van der Waals surface area contributed by atoms with Gasteiger partial charge < -0.3 is 14.6 Å². The number of ketones is 2. The molecular weight excluding hydrogens is 473 g/mol. The van der Waals surface area contributed by atoms with E-state index in [4.69, 9.17) is 32.7 Å². The van der Waals surface area contributed by atoms with Crippen molar-refractivity contribution < 1.29 is 33.8 Å².